The summed E-state index contributed by atoms with van der Waals surface area (Å²) < 4.78 is 5.61. The third kappa shape index (κ3) is 4.34. The van der Waals surface area contributed by atoms with Crippen molar-refractivity contribution < 1.29 is 9.53 Å². The van der Waals surface area contributed by atoms with Crippen molar-refractivity contribution in [2.75, 3.05) is 6.61 Å². The van der Waals surface area contributed by atoms with Crippen molar-refractivity contribution in [1.29, 1.82) is 5.41 Å². The Balaban J connectivity index is 1.88. The molecule has 0 aromatic heterocycles. The number of aryl methyl sites for hydroxylation is 1. The number of carbonyl (C=O) groups excluding carboxylic acids is 1. The number of hydrogen-bond acceptors (Lipinski definition) is 3. The Morgan fingerprint density at radius 2 is 2.14 bits per heavy atom. The van der Waals surface area contributed by atoms with Crippen molar-refractivity contribution in [3.05, 3.63) is 77.5 Å². The first-order valence-electron chi connectivity index (χ1n) is 9.11. The monoisotopic (exact) mass is 394 g/mol. The number of ether oxygens (including phenoxy) is 1. The Morgan fingerprint density at radius 1 is 1.36 bits per heavy atom. The minimum atomic E-state index is -0.272. The van der Waals surface area contributed by atoms with Crippen molar-refractivity contribution in [3.63, 3.8) is 0 Å². The number of halogens is 1. The van der Waals surface area contributed by atoms with Gasteiger partial charge in [0.2, 0.25) is 5.91 Å². The average Bonchev–Trinajstić information content (AvgIpc) is 2.67. The highest BCUT2D eigenvalue weighted by Gasteiger charge is 2.27. The van der Waals surface area contributed by atoms with Gasteiger partial charge in [-0.1, -0.05) is 36.9 Å². The van der Waals surface area contributed by atoms with Gasteiger partial charge in [-0.2, -0.15) is 0 Å². The summed E-state index contributed by atoms with van der Waals surface area (Å²) in [6.07, 6.45) is 2.92. The van der Waals surface area contributed by atoms with Gasteiger partial charge in [0.25, 0.3) is 0 Å². The number of nitrogens with one attached hydrogen (secondary N) is 2. The second kappa shape index (κ2) is 8.44. The molecular formula is C23H23ClN2O2. The number of benzene rings is 2. The molecule has 144 valence electrons. The molecule has 1 heterocycles. The summed E-state index contributed by atoms with van der Waals surface area (Å²) in [5, 5.41) is 11.0. The fourth-order valence-electron chi connectivity index (χ4n) is 3.32. The van der Waals surface area contributed by atoms with E-state index in [1.165, 1.54) is 6.08 Å². The van der Waals surface area contributed by atoms with E-state index in [4.69, 9.17) is 21.7 Å². The molecule has 1 fully saturated rings. The van der Waals surface area contributed by atoms with E-state index in [1.807, 2.05) is 43.3 Å². The van der Waals surface area contributed by atoms with Crippen molar-refractivity contribution in [3.8, 4) is 16.9 Å². The second-order valence-electron chi connectivity index (χ2n) is 6.92. The lowest BCUT2D eigenvalue weighted by Crippen LogP contribution is -2.33. The molecule has 1 saturated heterocycles. The highest BCUT2D eigenvalue weighted by molar-refractivity contribution is 6.31. The molecule has 2 aromatic carbocycles. The molecular weight excluding hydrogens is 372 g/mol. The van der Waals surface area contributed by atoms with Crippen LogP contribution in [0, 0.1) is 12.3 Å². The molecule has 0 bridgehead atoms. The summed E-state index contributed by atoms with van der Waals surface area (Å²) in [5.41, 5.74) is 5.01. The Labute approximate surface area is 170 Å². The highest BCUT2D eigenvalue weighted by Crippen LogP contribution is 2.36. The summed E-state index contributed by atoms with van der Waals surface area (Å²) in [6, 6.07) is 11.6. The van der Waals surface area contributed by atoms with E-state index < -0.39 is 0 Å². The maximum Gasteiger partial charge on any atom is 0.231 e. The standard InChI is InChI=1S/C23H23ClN2O2/c1-4-17(25)13-28-18-7-9-19(14(2)11-18)16-6-10-22(24)21(12-16)20-8-5-15(3)26-23(20)27/h4,6-7,9-12,20,25H,1,3,5,8,13H2,2H3,(H,26,27). The summed E-state index contributed by atoms with van der Waals surface area (Å²) in [5.74, 6) is 0.374. The van der Waals surface area contributed by atoms with Crippen LogP contribution >= 0.6 is 11.6 Å². The van der Waals surface area contributed by atoms with Crippen LogP contribution in [0.25, 0.3) is 11.1 Å². The maximum absolute atomic E-state index is 12.4. The quantitative estimate of drug-likeness (QED) is 0.643. The van der Waals surface area contributed by atoms with E-state index in [-0.39, 0.29) is 18.4 Å². The Kier molecular flexibility index (Phi) is 6.00. The first kappa shape index (κ1) is 19.9. The van der Waals surface area contributed by atoms with Crippen LogP contribution in [0.15, 0.2) is 61.3 Å². The van der Waals surface area contributed by atoms with Crippen LogP contribution in [0.5, 0.6) is 5.75 Å². The highest BCUT2D eigenvalue weighted by atomic mass is 35.5. The van der Waals surface area contributed by atoms with Gasteiger partial charge < -0.3 is 15.5 Å². The molecule has 2 aromatic rings. The summed E-state index contributed by atoms with van der Waals surface area (Å²) in [6.45, 7) is 9.59. The number of rotatable bonds is 6. The number of carbonyl (C=O) groups is 1. The van der Waals surface area contributed by atoms with Crippen LogP contribution in [0.3, 0.4) is 0 Å². The average molecular weight is 395 g/mol. The third-order valence-electron chi connectivity index (χ3n) is 4.87. The molecule has 1 unspecified atom stereocenters. The van der Waals surface area contributed by atoms with E-state index >= 15 is 0 Å². The Morgan fingerprint density at radius 3 is 2.82 bits per heavy atom. The lowest BCUT2D eigenvalue weighted by atomic mass is 9.87. The Hall–Kier alpha value is -2.85. The van der Waals surface area contributed by atoms with Crippen LogP contribution in [0.4, 0.5) is 0 Å². The van der Waals surface area contributed by atoms with Crippen molar-refractivity contribution >= 4 is 23.2 Å². The van der Waals surface area contributed by atoms with Gasteiger partial charge in [-0.15, -0.1) is 0 Å². The predicted octanol–water partition coefficient (Wildman–Crippen LogP) is 5.41. The van der Waals surface area contributed by atoms with Crippen LogP contribution in [0.1, 0.15) is 29.9 Å². The molecule has 0 aliphatic carbocycles. The number of piperidine rings is 1. The van der Waals surface area contributed by atoms with E-state index in [0.29, 0.717) is 22.9 Å². The van der Waals surface area contributed by atoms with Gasteiger partial charge in [0.05, 0.1) is 11.6 Å². The van der Waals surface area contributed by atoms with Gasteiger partial charge in [0, 0.05) is 10.7 Å². The number of allylic oxidation sites excluding steroid dienone is 1. The van der Waals surface area contributed by atoms with Crippen LogP contribution < -0.4 is 10.1 Å². The van der Waals surface area contributed by atoms with E-state index in [9.17, 15) is 4.79 Å². The van der Waals surface area contributed by atoms with Crippen molar-refractivity contribution in [2.45, 2.75) is 25.7 Å². The molecule has 1 aliphatic rings. The molecule has 1 aliphatic heterocycles. The molecule has 1 amide bonds. The second-order valence-corrected chi connectivity index (χ2v) is 7.32. The molecule has 1 atom stereocenters. The molecule has 0 spiro atoms. The molecule has 3 rings (SSSR count). The van der Waals surface area contributed by atoms with E-state index in [2.05, 4.69) is 18.5 Å². The predicted molar refractivity (Wildman–Crippen MR) is 114 cm³/mol. The molecule has 4 nitrogen and oxygen atoms in total. The normalized spacial score (nSPS) is 16.4. The van der Waals surface area contributed by atoms with Gasteiger partial charge >= 0.3 is 0 Å². The molecule has 2 N–H and O–H groups in total. The first-order chi connectivity index (χ1) is 13.4. The molecule has 28 heavy (non-hydrogen) atoms. The van der Waals surface area contributed by atoms with Gasteiger partial charge in [0.15, 0.2) is 0 Å². The van der Waals surface area contributed by atoms with Crippen LogP contribution in [0.2, 0.25) is 5.02 Å². The maximum atomic E-state index is 12.4. The topological polar surface area (TPSA) is 62.2 Å². The van der Waals surface area contributed by atoms with E-state index in [0.717, 1.165) is 34.4 Å². The number of hydrogen-bond donors (Lipinski definition) is 2. The Bertz CT molecular complexity index is 965. The number of amides is 1. The molecule has 5 heteroatoms. The van der Waals surface area contributed by atoms with Gasteiger partial charge in [-0.3, -0.25) is 4.79 Å². The smallest absolute Gasteiger partial charge is 0.231 e. The zero-order valence-corrected chi connectivity index (χ0v) is 16.6. The van der Waals surface area contributed by atoms with E-state index in [1.54, 1.807) is 0 Å². The lowest BCUT2D eigenvalue weighted by molar-refractivity contribution is -0.122. The lowest BCUT2D eigenvalue weighted by Gasteiger charge is -2.25. The fourth-order valence-corrected chi connectivity index (χ4v) is 3.57. The summed E-state index contributed by atoms with van der Waals surface area (Å²) >= 11 is 6.42. The third-order valence-corrected chi connectivity index (χ3v) is 5.22. The summed E-state index contributed by atoms with van der Waals surface area (Å²) in [4.78, 5) is 12.4. The first-order valence-corrected chi connectivity index (χ1v) is 9.48. The van der Waals surface area contributed by atoms with Crippen LogP contribution in [-0.2, 0) is 4.79 Å². The van der Waals surface area contributed by atoms with Crippen molar-refractivity contribution in [1.82, 2.24) is 5.32 Å². The van der Waals surface area contributed by atoms with Crippen molar-refractivity contribution in [2.24, 2.45) is 0 Å². The van der Waals surface area contributed by atoms with Gasteiger partial charge in [0.1, 0.15) is 12.4 Å². The minimum absolute atomic E-state index is 0.0552. The molecule has 0 saturated carbocycles. The van der Waals surface area contributed by atoms with Crippen LogP contribution in [-0.4, -0.2) is 18.2 Å². The fraction of sp³-hybridized carbons (Fsp3) is 0.217. The van der Waals surface area contributed by atoms with Gasteiger partial charge in [-0.25, -0.2) is 0 Å². The van der Waals surface area contributed by atoms with Gasteiger partial charge in [-0.05, 0) is 72.4 Å². The SMILES string of the molecule is C=CC(=N)COc1ccc(-c2ccc(Cl)c(C3CCC(=C)NC3=O)c2)c(C)c1. The summed E-state index contributed by atoms with van der Waals surface area (Å²) in [7, 11) is 0. The zero-order valence-electron chi connectivity index (χ0n) is 15.8. The largest absolute Gasteiger partial charge is 0.487 e. The molecule has 0 radical (unpaired) electrons. The minimum Gasteiger partial charge on any atom is -0.487 e. The zero-order chi connectivity index (χ0) is 20.3.